The molecule has 6 rings (SSSR count). The largest absolute Gasteiger partial charge is 0.432 e. The first-order valence-electron chi connectivity index (χ1n) is 13.1. The fourth-order valence-electron chi connectivity index (χ4n) is 4.91. The molecule has 2 aromatic carbocycles. The average molecular weight is 541 g/mol. The SMILES string of the molecule is CN(C)c1ccc(NC(=O)N2CCCC(Nc3nccc(-c4c(-c5ccc(F)cc5)nc5occn45)n3)C2)cc1. The molecule has 5 aromatic rings. The average Bonchev–Trinajstić information content (AvgIpc) is 3.56. The Kier molecular flexibility index (Phi) is 6.77. The van der Waals surface area contributed by atoms with E-state index in [2.05, 4.69) is 20.6 Å². The van der Waals surface area contributed by atoms with Crippen LogP contribution >= 0.6 is 0 Å². The summed E-state index contributed by atoms with van der Waals surface area (Å²) in [7, 11) is 3.96. The lowest BCUT2D eigenvalue weighted by atomic mass is 10.1. The first kappa shape index (κ1) is 25.4. The Morgan fingerprint density at radius 1 is 1.07 bits per heavy atom. The quantitative estimate of drug-likeness (QED) is 0.299. The van der Waals surface area contributed by atoms with Crippen LogP contribution in [0.15, 0.2) is 77.7 Å². The summed E-state index contributed by atoms with van der Waals surface area (Å²) in [5.41, 5.74) is 4.54. The van der Waals surface area contributed by atoms with Crippen molar-refractivity contribution in [3.8, 4) is 22.6 Å². The van der Waals surface area contributed by atoms with E-state index in [1.807, 2.05) is 52.6 Å². The van der Waals surface area contributed by atoms with Crippen LogP contribution < -0.4 is 15.5 Å². The normalized spacial score (nSPS) is 15.3. The van der Waals surface area contributed by atoms with E-state index in [1.165, 1.54) is 12.1 Å². The number of rotatable bonds is 6. The number of urea groups is 1. The molecule has 204 valence electrons. The molecule has 1 fully saturated rings. The monoisotopic (exact) mass is 540 g/mol. The number of nitrogens with zero attached hydrogens (tertiary/aromatic N) is 6. The van der Waals surface area contributed by atoms with Gasteiger partial charge < -0.3 is 24.9 Å². The van der Waals surface area contributed by atoms with Gasteiger partial charge in [-0.2, -0.15) is 4.98 Å². The number of hydrogen-bond donors (Lipinski definition) is 2. The molecule has 1 atom stereocenters. The fraction of sp³-hybridized carbons (Fsp3) is 0.241. The predicted octanol–water partition coefficient (Wildman–Crippen LogP) is 5.36. The number of benzene rings is 2. The summed E-state index contributed by atoms with van der Waals surface area (Å²) in [6, 6.07) is 15.6. The lowest BCUT2D eigenvalue weighted by Gasteiger charge is -2.33. The number of imidazole rings is 1. The van der Waals surface area contributed by atoms with Crippen molar-refractivity contribution >= 4 is 29.2 Å². The Morgan fingerprint density at radius 3 is 2.65 bits per heavy atom. The van der Waals surface area contributed by atoms with E-state index in [4.69, 9.17) is 9.40 Å². The number of oxazole rings is 1. The first-order valence-corrected chi connectivity index (χ1v) is 13.1. The van der Waals surface area contributed by atoms with E-state index in [9.17, 15) is 9.18 Å². The second kappa shape index (κ2) is 10.7. The van der Waals surface area contributed by atoms with Gasteiger partial charge >= 0.3 is 11.9 Å². The smallest absolute Gasteiger partial charge is 0.321 e. The van der Waals surface area contributed by atoms with Crippen LogP contribution in [-0.2, 0) is 0 Å². The predicted molar refractivity (Wildman–Crippen MR) is 152 cm³/mol. The summed E-state index contributed by atoms with van der Waals surface area (Å²) in [6.07, 6.45) is 6.75. The molecule has 1 saturated heterocycles. The number of hydrogen-bond acceptors (Lipinski definition) is 7. The highest BCUT2D eigenvalue weighted by Crippen LogP contribution is 2.32. The number of aromatic nitrogens is 4. The van der Waals surface area contributed by atoms with Gasteiger partial charge in [0.2, 0.25) is 5.95 Å². The van der Waals surface area contributed by atoms with Gasteiger partial charge in [-0.25, -0.2) is 19.2 Å². The van der Waals surface area contributed by atoms with E-state index in [0.29, 0.717) is 42.0 Å². The zero-order valence-electron chi connectivity index (χ0n) is 22.2. The van der Waals surface area contributed by atoms with Crippen molar-refractivity contribution in [1.29, 1.82) is 0 Å². The Hall–Kier alpha value is -4.93. The van der Waals surface area contributed by atoms with Crippen LogP contribution in [0.5, 0.6) is 0 Å². The maximum absolute atomic E-state index is 13.6. The number of likely N-dealkylation sites (tertiary alicyclic amines) is 1. The highest BCUT2D eigenvalue weighted by molar-refractivity contribution is 5.89. The molecule has 2 amide bonds. The van der Waals surface area contributed by atoms with Crippen LogP contribution in [0, 0.1) is 5.82 Å². The van der Waals surface area contributed by atoms with Crippen LogP contribution in [0.25, 0.3) is 28.5 Å². The van der Waals surface area contributed by atoms with E-state index in [0.717, 1.165) is 29.8 Å². The van der Waals surface area contributed by atoms with Crippen molar-refractivity contribution in [2.45, 2.75) is 18.9 Å². The first-order chi connectivity index (χ1) is 19.4. The molecule has 2 N–H and O–H groups in total. The number of halogens is 1. The van der Waals surface area contributed by atoms with Gasteiger partial charge in [-0.1, -0.05) is 0 Å². The van der Waals surface area contributed by atoms with Gasteiger partial charge in [0.25, 0.3) is 0 Å². The summed E-state index contributed by atoms with van der Waals surface area (Å²) < 4.78 is 20.9. The summed E-state index contributed by atoms with van der Waals surface area (Å²) in [4.78, 5) is 30.6. The molecule has 0 bridgehead atoms. The number of carbonyl (C=O) groups excluding carboxylic acids is 1. The van der Waals surface area contributed by atoms with Gasteiger partial charge in [0.05, 0.1) is 5.69 Å². The van der Waals surface area contributed by atoms with Crippen LogP contribution in [0.3, 0.4) is 0 Å². The minimum absolute atomic E-state index is 0.0122. The van der Waals surface area contributed by atoms with Crippen LogP contribution in [0.4, 0.5) is 26.5 Å². The molecule has 0 aliphatic carbocycles. The molecular formula is C29H29FN8O2. The minimum Gasteiger partial charge on any atom is -0.432 e. The highest BCUT2D eigenvalue weighted by atomic mass is 19.1. The lowest BCUT2D eigenvalue weighted by molar-refractivity contribution is 0.196. The Morgan fingerprint density at radius 2 is 1.88 bits per heavy atom. The Labute approximate surface area is 230 Å². The molecule has 4 heterocycles. The molecule has 0 saturated carbocycles. The number of fused-ring (bicyclic) bond motifs is 1. The molecule has 3 aromatic heterocycles. The summed E-state index contributed by atoms with van der Waals surface area (Å²) in [6.45, 7) is 1.20. The standard InChI is InChI=1S/C29H29FN8O2/c1-36(2)23-11-9-21(10-12-23)33-28(39)37-15-3-4-22(18-37)32-27-31-14-13-24(34-27)26-25(19-5-7-20(30)8-6-19)35-29-38(26)16-17-40-29/h5-14,16-17,22H,3-4,15,18H2,1-2H3,(H,33,39)(H,31,32,34). The van der Waals surface area contributed by atoms with Gasteiger partial charge in [-0.3, -0.25) is 4.40 Å². The summed E-state index contributed by atoms with van der Waals surface area (Å²) in [5, 5.41) is 6.41. The third-order valence-electron chi connectivity index (χ3n) is 6.95. The second-order valence-corrected chi connectivity index (χ2v) is 9.94. The zero-order chi connectivity index (χ0) is 27.6. The van der Waals surface area contributed by atoms with Crippen molar-refractivity contribution < 1.29 is 13.6 Å². The van der Waals surface area contributed by atoms with Crippen LogP contribution in [0.1, 0.15) is 12.8 Å². The minimum atomic E-state index is -0.320. The molecule has 11 heteroatoms. The number of piperidine rings is 1. The second-order valence-electron chi connectivity index (χ2n) is 9.94. The van der Waals surface area contributed by atoms with Crippen molar-refractivity contribution in [1.82, 2.24) is 24.3 Å². The zero-order valence-corrected chi connectivity index (χ0v) is 22.2. The Bertz CT molecular complexity index is 1630. The van der Waals surface area contributed by atoms with Gasteiger partial charge in [0.1, 0.15) is 23.5 Å². The summed E-state index contributed by atoms with van der Waals surface area (Å²) in [5.74, 6) is 0.541. The molecule has 0 spiro atoms. The van der Waals surface area contributed by atoms with Gasteiger partial charge in [-0.05, 0) is 67.4 Å². The van der Waals surface area contributed by atoms with Crippen molar-refractivity contribution in [3.63, 3.8) is 0 Å². The molecular weight excluding hydrogens is 511 g/mol. The van der Waals surface area contributed by atoms with Crippen molar-refractivity contribution in [2.75, 3.05) is 42.7 Å². The van der Waals surface area contributed by atoms with Crippen LogP contribution in [-0.4, -0.2) is 63.5 Å². The topological polar surface area (TPSA) is 104 Å². The number of carbonyl (C=O) groups is 1. The Balaban J connectivity index is 1.18. The molecule has 1 unspecified atom stereocenters. The van der Waals surface area contributed by atoms with E-state index in [-0.39, 0.29) is 17.9 Å². The third kappa shape index (κ3) is 5.18. The summed E-state index contributed by atoms with van der Waals surface area (Å²) >= 11 is 0. The lowest BCUT2D eigenvalue weighted by Crippen LogP contribution is -2.47. The maximum Gasteiger partial charge on any atom is 0.321 e. The number of anilines is 3. The van der Waals surface area contributed by atoms with E-state index in [1.54, 1.807) is 36.9 Å². The fourth-order valence-corrected chi connectivity index (χ4v) is 4.91. The van der Waals surface area contributed by atoms with Gasteiger partial charge in [0.15, 0.2) is 0 Å². The van der Waals surface area contributed by atoms with Crippen LogP contribution in [0.2, 0.25) is 0 Å². The molecule has 1 aliphatic rings. The molecule has 10 nitrogen and oxygen atoms in total. The third-order valence-corrected chi connectivity index (χ3v) is 6.95. The molecule has 1 aliphatic heterocycles. The van der Waals surface area contributed by atoms with E-state index < -0.39 is 0 Å². The van der Waals surface area contributed by atoms with Crippen molar-refractivity contribution in [2.24, 2.45) is 0 Å². The number of nitrogens with one attached hydrogen (secondary N) is 2. The van der Waals surface area contributed by atoms with Crippen molar-refractivity contribution in [3.05, 3.63) is 79.1 Å². The highest BCUT2D eigenvalue weighted by Gasteiger charge is 2.25. The van der Waals surface area contributed by atoms with Gasteiger partial charge in [-0.15, -0.1) is 0 Å². The number of amides is 2. The maximum atomic E-state index is 13.6. The molecule has 40 heavy (non-hydrogen) atoms. The van der Waals surface area contributed by atoms with E-state index >= 15 is 0 Å². The van der Waals surface area contributed by atoms with Gasteiger partial charge in [0, 0.05) is 62.6 Å². The molecule has 0 radical (unpaired) electrons.